The van der Waals surface area contributed by atoms with E-state index in [-0.39, 0.29) is 29.6 Å². The number of para-hydroxylation sites is 1. The Bertz CT molecular complexity index is 1170. The van der Waals surface area contributed by atoms with Gasteiger partial charge in [-0.15, -0.1) is 10.2 Å². The highest BCUT2D eigenvalue weighted by Crippen LogP contribution is 2.32. The normalized spacial score (nSPS) is 22.6. The van der Waals surface area contributed by atoms with E-state index in [0.29, 0.717) is 22.1 Å². The van der Waals surface area contributed by atoms with Crippen LogP contribution in [0.1, 0.15) is 64.8 Å². The summed E-state index contributed by atoms with van der Waals surface area (Å²) in [7, 11) is 0. The molecule has 1 aliphatic heterocycles. The second-order valence-electron chi connectivity index (χ2n) is 8.97. The Labute approximate surface area is 185 Å². The fraction of sp³-hybridized carbons (Fsp3) is 0.565. The zero-order valence-corrected chi connectivity index (χ0v) is 19.0. The zero-order valence-electron chi connectivity index (χ0n) is 18.2. The van der Waals surface area contributed by atoms with E-state index in [0.717, 1.165) is 44.0 Å². The summed E-state index contributed by atoms with van der Waals surface area (Å²) in [6.45, 7) is 4.27. The molecule has 5 rings (SSSR count). The molecule has 2 unspecified atom stereocenters. The molecule has 1 saturated carbocycles. The quantitative estimate of drug-likeness (QED) is 0.574. The summed E-state index contributed by atoms with van der Waals surface area (Å²) in [6.07, 6.45) is 7.55. The predicted molar refractivity (Wildman–Crippen MR) is 123 cm³/mol. The lowest BCUT2D eigenvalue weighted by Gasteiger charge is -2.39. The lowest BCUT2D eigenvalue weighted by molar-refractivity contribution is -0.134. The van der Waals surface area contributed by atoms with Crippen molar-refractivity contribution >= 4 is 34.3 Å². The first-order valence-electron chi connectivity index (χ1n) is 11.4. The van der Waals surface area contributed by atoms with E-state index >= 15 is 0 Å². The summed E-state index contributed by atoms with van der Waals surface area (Å²) < 4.78 is 3.80. The van der Waals surface area contributed by atoms with Crippen LogP contribution in [0.5, 0.6) is 0 Å². The maximum Gasteiger partial charge on any atom is 0.263 e. The number of amides is 1. The first-order valence-corrected chi connectivity index (χ1v) is 12.4. The second-order valence-corrected chi connectivity index (χ2v) is 9.91. The van der Waals surface area contributed by atoms with Crippen LogP contribution in [-0.4, -0.2) is 47.8 Å². The molecule has 31 heavy (non-hydrogen) atoms. The number of likely N-dealkylation sites (tertiary alicyclic amines) is 1. The van der Waals surface area contributed by atoms with Gasteiger partial charge in [-0.2, -0.15) is 0 Å². The largest absolute Gasteiger partial charge is 0.337 e. The van der Waals surface area contributed by atoms with Crippen molar-refractivity contribution in [1.82, 2.24) is 24.1 Å². The van der Waals surface area contributed by atoms with Crippen molar-refractivity contribution < 1.29 is 4.79 Å². The van der Waals surface area contributed by atoms with Crippen molar-refractivity contribution in [2.75, 3.05) is 5.75 Å². The van der Waals surface area contributed by atoms with E-state index in [1.165, 1.54) is 18.2 Å². The number of fused-ring (bicyclic) bond motifs is 3. The first-order chi connectivity index (χ1) is 15.1. The highest BCUT2D eigenvalue weighted by Gasteiger charge is 2.30. The van der Waals surface area contributed by atoms with Crippen LogP contribution in [0.4, 0.5) is 0 Å². The summed E-state index contributed by atoms with van der Waals surface area (Å²) in [5.74, 6) is 1.06. The van der Waals surface area contributed by atoms with Crippen molar-refractivity contribution in [2.45, 2.75) is 82.1 Å². The summed E-state index contributed by atoms with van der Waals surface area (Å²) in [6, 6.07) is 8.36. The van der Waals surface area contributed by atoms with Crippen LogP contribution >= 0.6 is 11.8 Å². The number of carbonyl (C=O) groups excluding carboxylic acids is 1. The SMILES string of the molecule is CC1CCCC(C)N1C(=O)CSc1nnc2n(C3CCCC3)c(=O)c3ccccc3n12. The molecule has 0 bridgehead atoms. The number of rotatable bonds is 4. The van der Waals surface area contributed by atoms with E-state index in [2.05, 4.69) is 24.0 Å². The van der Waals surface area contributed by atoms with Gasteiger partial charge in [-0.05, 0) is 58.1 Å². The molecule has 3 heterocycles. The number of nitrogens with zero attached hydrogens (tertiary/aromatic N) is 5. The van der Waals surface area contributed by atoms with Crippen LogP contribution in [0.2, 0.25) is 0 Å². The first kappa shape index (κ1) is 20.5. The van der Waals surface area contributed by atoms with Gasteiger partial charge in [0, 0.05) is 18.1 Å². The number of carbonyl (C=O) groups is 1. The minimum absolute atomic E-state index is 0.00555. The van der Waals surface area contributed by atoms with Gasteiger partial charge in [0.15, 0.2) is 5.16 Å². The minimum atomic E-state index is 0.00555. The molecule has 1 aliphatic carbocycles. The van der Waals surface area contributed by atoms with Gasteiger partial charge >= 0.3 is 0 Å². The van der Waals surface area contributed by atoms with Crippen LogP contribution in [-0.2, 0) is 4.79 Å². The fourth-order valence-corrected chi connectivity index (χ4v) is 6.21. The fourth-order valence-electron chi connectivity index (χ4n) is 5.40. The van der Waals surface area contributed by atoms with Crippen LogP contribution in [0.25, 0.3) is 16.7 Å². The molecule has 1 amide bonds. The number of piperidine rings is 1. The van der Waals surface area contributed by atoms with Gasteiger partial charge in [-0.3, -0.25) is 18.6 Å². The Balaban J connectivity index is 1.53. The lowest BCUT2D eigenvalue weighted by Crippen LogP contribution is -2.48. The number of aromatic nitrogens is 4. The average molecular weight is 440 g/mol. The van der Waals surface area contributed by atoms with Gasteiger partial charge in [0.05, 0.1) is 16.7 Å². The highest BCUT2D eigenvalue weighted by atomic mass is 32.2. The Kier molecular flexibility index (Phi) is 5.50. The number of benzene rings is 1. The maximum absolute atomic E-state index is 13.3. The van der Waals surface area contributed by atoms with Crippen molar-refractivity contribution in [3.05, 3.63) is 34.6 Å². The third-order valence-corrected chi connectivity index (χ3v) is 7.84. The number of hydrogen-bond donors (Lipinski definition) is 0. The number of hydrogen-bond acceptors (Lipinski definition) is 5. The zero-order chi connectivity index (χ0) is 21.5. The molecule has 0 spiro atoms. The molecule has 1 saturated heterocycles. The minimum Gasteiger partial charge on any atom is -0.337 e. The Morgan fingerprint density at radius 2 is 1.74 bits per heavy atom. The van der Waals surface area contributed by atoms with Crippen molar-refractivity contribution in [2.24, 2.45) is 0 Å². The smallest absolute Gasteiger partial charge is 0.263 e. The Hall–Kier alpha value is -2.35. The van der Waals surface area contributed by atoms with E-state index in [1.54, 1.807) is 0 Å². The molecular formula is C23H29N5O2S. The molecule has 164 valence electrons. The van der Waals surface area contributed by atoms with E-state index in [4.69, 9.17) is 0 Å². The highest BCUT2D eigenvalue weighted by molar-refractivity contribution is 7.99. The van der Waals surface area contributed by atoms with Gasteiger partial charge in [0.1, 0.15) is 0 Å². The summed E-state index contributed by atoms with van der Waals surface area (Å²) in [4.78, 5) is 28.4. The molecule has 2 atom stereocenters. The van der Waals surface area contributed by atoms with Gasteiger partial charge in [-0.1, -0.05) is 36.7 Å². The van der Waals surface area contributed by atoms with E-state index < -0.39 is 0 Å². The van der Waals surface area contributed by atoms with Gasteiger partial charge in [0.2, 0.25) is 11.7 Å². The van der Waals surface area contributed by atoms with Crippen molar-refractivity contribution in [3.8, 4) is 0 Å². The molecule has 0 N–H and O–H groups in total. The van der Waals surface area contributed by atoms with Gasteiger partial charge < -0.3 is 4.90 Å². The molecular weight excluding hydrogens is 410 g/mol. The number of thioether (sulfide) groups is 1. The van der Waals surface area contributed by atoms with Crippen LogP contribution < -0.4 is 5.56 Å². The monoisotopic (exact) mass is 439 g/mol. The van der Waals surface area contributed by atoms with Crippen molar-refractivity contribution in [1.29, 1.82) is 0 Å². The molecule has 1 aromatic carbocycles. The second kappa shape index (κ2) is 8.30. The Morgan fingerprint density at radius 3 is 2.48 bits per heavy atom. The molecule has 3 aromatic rings. The van der Waals surface area contributed by atoms with E-state index in [9.17, 15) is 9.59 Å². The van der Waals surface area contributed by atoms with Gasteiger partial charge in [-0.25, -0.2) is 0 Å². The van der Waals surface area contributed by atoms with Crippen LogP contribution in [0.3, 0.4) is 0 Å². The molecule has 8 heteroatoms. The van der Waals surface area contributed by atoms with Crippen molar-refractivity contribution in [3.63, 3.8) is 0 Å². The molecule has 0 radical (unpaired) electrons. The molecule has 2 aliphatic rings. The Morgan fingerprint density at radius 1 is 1.03 bits per heavy atom. The predicted octanol–water partition coefficient (Wildman–Crippen LogP) is 4.04. The van der Waals surface area contributed by atoms with Crippen LogP contribution in [0.15, 0.2) is 34.2 Å². The topological polar surface area (TPSA) is 72.5 Å². The molecule has 2 fully saturated rings. The molecule has 2 aromatic heterocycles. The van der Waals surface area contributed by atoms with Gasteiger partial charge in [0.25, 0.3) is 5.56 Å². The van der Waals surface area contributed by atoms with E-state index in [1.807, 2.05) is 38.1 Å². The standard InChI is InChI=1S/C23H29N5O2S/c1-15-8-7-9-16(2)26(15)20(29)14-31-23-25-24-22-27(17-10-3-4-11-17)21(30)18-12-5-6-13-19(18)28(22)23/h5-6,12-13,15-17H,3-4,7-11,14H2,1-2H3. The summed E-state index contributed by atoms with van der Waals surface area (Å²) in [5.41, 5.74) is 0.808. The summed E-state index contributed by atoms with van der Waals surface area (Å²) >= 11 is 1.42. The van der Waals surface area contributed by atoms with Crippen LogP contribution in [0, 0.1) is 0 Å². The third kappa shape index (κ3) is 3.54. The third-order valence-electron chi connectivity index (χ3n) is 6.92. The summed E-state index contributed by atoms with van der Waals surface area (Å²) in [5, 5.41) is 10.2. The maximum atomic E-state index is 13.3. The molecule has 7 nitrogen and oxygen atoms in total. The average Bonchev–Trinajstić information content (AvgIpc) is 3.43. The lowest BCUT2D eigenvalue weighted by atomic mass is 9.98.